The summed E-state index contributed by atoms with van der Waals surface area (Å²) in [5.41, 5.74) is 2.48. The second kappa shape index (κ2) is 9.82. The average molecular weight is 474 g/mol. The molecule has 1 fully saturated rings. The number of benzene rings is 2. The Kier molecular flexibility index (Phi) is 6.99. The average Bonchev–Trinajstić information content (AvgIpc) is 2.88. The van der Waals surface area contributed by atoms with E-state index < -0.39 is 0 Å². The zero-order valence-electron chi connectivity index (χ0n) is 22.2. The summed E-state index contributed by atoms with van der Waals surface area (Å²) in [6.07, 6.45) is 4.05. The molecule has 0 amide bonds. The lowest BCUT2D eigenvalue weighted by molar-refractivity contribution is 0.0642. The minimum atomic E-state index is -0.218. The maximum atomic E-state index is 4.88. The predicted molar refractivity (Wildman–Crippen MR) is 145 cm³/mol. The van der Waals surface area contributed by atoms with Crippen LogP contribution in [0.2, 0.25) is 0 Å². The highest BCUT2D eigenvalue weighted by molar-refractivity contribution is 5.49. The summed E-state index contributed by atoms with van der Waals surface area (Å²) in [5.74, 6) is 2.03. The minimum absolute atomic E-state index is 0.00305. The van der Waals surface area contributed by atoms with Crippen molar-refractivity contribution in [3.63, 3.8) is 0 Å². The summed E-state index contributed by atoms with van der Waals surface area (Å²) in [7, 11) is 14.5. The molecule has 1 saturated carbocycles. The van der Waals surface area contributed by atoms with Gasteiger partial charge < -0.3 is 14.7 Å². The van der Waals surface area contributed by atoms with Crippen molar-refractivity contribution in [2.24, 2.45) is 0 Å². The van der Waals surface area contributed by atoms with E-state index in [-0.39, 0.29) is 11.1 Å². The van der Waals surface area contributed by atoms with E-state index in [0.29, 0.717) is 17.8 Å². The summed E-state index contributed by atoms with van der Waals surface area (Å²) in [4.78, 5) is 23.0. The normalized spacial score (nSPS) is 22.2. The number of hydrogen-bond donors (Lipinski definition) is 0. The lowest BCUT2D eigenvalue weighted by atomic mass is 9.66. The Bertz CT molecular complexity index is 1080. The fraction of sp³-hybridized carbons (Fsp3) is 0.464. The van der Waals surface area contributed by atoms with E-state index >= 15 is 0 Å². The van der Waals surface area contributed by atoms with Gasteiger partial charge in [-0.2, -0.15) is 15.0 Å². The number of aromatic nitrogens is 3. The maximum Gasteiger partial charge on any atom is 0.232 e. The van der Waals surface area contributed by atoms with E-state index in [0.717, 1.165) is 25.7 Å². The lowest BCUT2D eigenvalue weighted by Gasteiger charge is -2.53. The Morgan fingerprint density at radius 3 is 1.29 bits per heavy atom. The van der Waals surface area contributed by atoms with Crippen molar-refractivity contribution in [3.05, 3.63) is 71.8 Å². The third-order valence-corrected chi connectivity index (χ3v) is 7.72. The van der Waals surface area contributed by atoms with Crippen LogP contribution in [0.15, 0.2) is 60.7 Å². The van der Waals surface area contributed by atoms with E-state index in [4.69, 9.17) is 9.97 Å². The zero-order chi connectivity index (χ0) is 25.2. The van der Waals surface area contributed by atoms with Crippen molar-refractivity contribution >= 4 is 17.8 Å². The van der Waals surface area contributed by atoms with Gasteiger partial charge in [-0.15, -0.1) is 0 Å². The first-order chi connectivity index (χ1) is 16.7. The van der Waals surface area contributed by atoms with E-state index in [1.807, 2.05) is 38.0 Å². The molecule has 186 valence electrons. The van der Waals surface area contributed by atoms with Gasteiger partial charge in [0.25, 0.3) is 0 Å². The molecule has 7 heteroatoms. The molecule has 2 aromatic carbocycles. The van der Waals surface area contributed by atoms with Gasteiger partial charge >= 0.3 is 0 Å². The number of hydrogen-bond acceptors (Lipinski definition) is 7. The number of anilines is 3. The standard InChI is InChI=1S/C28H39N7/c1-32(2)24-29-25(33(3)4)31-26(30-24)35(7)28(23-16-12-9-13-17-23)20-18-27(19-21-28,34(5)6)22-14-10-8-11-15-22/h8-17H,18-21H2,1-7H3. The summed E-state index contributed by atoms with van der Waals surface area (Å²) in [6, 6.07) is 21.8. The van der Waals surface area contributed by atoms with Gasteiger partial charge in [-0.1, -0.05) is 60.7 Å². The monoisotopic (exact) mass is 473 g/mol. The lowest BCUT2D eigenvalue weighted by Crippen LogP contribution is -2.54. The SMILES string of the molecule is CN(C)c1nc(N(C)C)nc(N(C)C2(c3ccccc3)CCC(c3ccccc3)(N(C)C)CC2)n1. The van der Waals surface area contributed by atoms with Crippen molar-refractivity contribution in [2.45, 2.75) is 36.8 Å². The van der Waals surface area contributed by atoms with Crippen molar-refractivity contribution in [2.75, 3.05) is 64.0 Å². The molecular weight excluding hydrogens is 434 g/mol. The topological polar surface area (TPSA) is 51.6 Å². The Morgan fingerprint density at radius 2 is 0.886 bits per heavy atom. The Morgan fingerprint density at radius 1 is 0.514 bits per heavy atom. The van der Waals surface area contributed by atoms with Gasteiger partial charge in [-0.25, -0.2) is 0 Å². The molecule has 0 N–H and O–H groups in total. The molecule has 35 heavy (non-hydrogen) atoms. The quantitative estimate of drug-likeness (QED) is 0.505. The van der Waals surface area contributed by atoms with Gasteiger partial charge in [0.2, 0.25) is 17.8 Å². The highest BCUT2D eigenvalue weighted by Crippen LogP contribution is 2.51. The van der Waals surface area contributed by atoms with Crippen LogP contribution in [0.4, 0.5) is 17.8 Å². The summed E-state index contributed by atoms with van der Waals surface area (Å²) in [6.45, 7) is 0. The zero-order valence-corrected chi connectivity index (χ0v) is 22.2. The summed E-state index contributed by atoms with van der Waals surface area (Å²) < 4.78 is 0. The molecule has 0 radical (unpaired) electrons. The number of rotatable bonds is 7. The fourth-order valence-corrected chi connectivity index (χ4v) is 5.47. The molecule has 1 aliphatic carbocycles. The molecule has 0 bridgehead atoms. The highest BCUT2D eigenvalue weighted by Gasteiger charge is 2.48. The van der Waals surface area contributed by atoms with Crippen LogP contribution in [-0.4, -0.2) is 69.2 Å². The van der Waals surface area contributed by atoms with E-state index in [1.165, 1.54) is 11.1 Å². The van der Waals surface area contributed by atoms with Crippen molar-refractivity contribution in [1.82, 2.24) is 19.9 Å². The molecule has 1 aliphatic rings. The van der Waals surface area contributed by atoms with Gasteiger partial charge in [0.05, 0.1) is 5.54 Å². The van der Waals surface area contributed by atoms with Crippen LogP contribution in [0.25, 0.3) is 0 Å². The Balaban J connectivity index is 1.79. The van der Waals surface area contributed by atoms with Crippen LogP contribution < -0.4 is 14.7 Å². The van der Waals surface area contributed by atoms with Crippen molar-refractivity contribution < 1.29 is 0 Å². The molecule has 0 spiro atoms. The first kappa shape index (κ1) is 24.9. The molecular formula is C28H39N7. The summed E-state index contributed by atoms with van der Waals surface area (Å²) in [5, 5.41) is 0. The Labute approximate surface area is 210 Å². The van der Waals surface area contributed by atoms with E-state index in [1.54, 1.807) is 0 Å². The maximum absolute atomic E-state index is 4.88. The third-order valence-electron chi connectivity index (χ3n) is 7.72. The van der Waals surface area contributed by atoms with Crippen LogP contribution in [-0.2, 0) is 11.1 Å². The second-order valence-electron chi connectivity index (χ2n) is 10.3. The molecule has 0 unspecified atom stereocenters. The molecule has 0 atom stereocenters. The molecule has 1 aromatic heterocycles. The van der Waals surface area contributed by atoms with Crippen LogP contribution in [0.5, 0.6) is 0 Å². The molecule has 3 aromatic rings. The first-order valence-corrected chi connectivity index (χ1v) is 12.3. The molecule has 0 aliphatic heterocycles. The van der Waals surface area contributed by atoms with Gasteiger partial charge in [-0.3, -0.25) is 4.90 Å². The van der Waals surface area contributed by atoms with E-state index in [9.17, 15) is 0 Å². The smallest absolute Gasteiger partial charge is 0.232 e. The van der Waals surface area contributed by atoms with Crippen LogP contribution >= 0.6 is 0 Å². The van der Waals surface area contributed by atoms with Crippen LogP contribution in [0.3, 0.4) is 0 Å². The molecule has 4 rings (SSSR count). The van der Waals surface area contributed by atoms with Crippen LogP contribution in [0.1, 0.15) is 36.8 Å². The summed E-state index contributed by atoms with van der Waals surface area (Å²) >= 11 is 0. The molecule has 1 heterocycles. The van der Waals surface area contributed by atoms with Crippen molar-refractivity contribution in [1.29, 1.82) is 0 Å². The molecule has 7 nitrogen and oxygen atoms in total. The largest absolute Gasteiger partial charge is 0.347 e. The Hall–Kier alpha value is -3.19. The van der Waals surface area contributed by atoms with Gasteiger partial charge in [0.1, 0.15) is 0 Å². The van der Waals surface area contributed by atoms with Gasteiger partial charge in [-0.05, 0) is 50.9 Å². The minimum Gasteiger partial charge on any atom is -0.347 e. The fourth-order valence-electron chi connectivity index (χ4n) is 5.47. The van der Waals surface area contributed by atoms with E-state index in [2.05, 4.69) is 96.6 Å². The first-order valence-electron chi connectivity index (χ1n) is 12.3. The number of nitrogens with zero attached hydrogens (tertiary/aromatic N) is 7. The van der Waals surface area contributed by atoms with Gasteiger partial charge in [0.15, 0.2) is 0 Å². The second-order valence-corrected chi connectivity index (χ2v) is 10.3. The van der Waals surface area contributed by atoms with Crippen LogP contribution in [0, 0.1) is 0 Å². The highest BCUT2D eigenvalue weighted by atomic mass is 15.4. The van der Waals surface area contributed by atoms with Crippen molar-refractivity contribution in [3.8, 4) is 0 Å². The van der Waals surface area contributed by atoms with Gasteiger partial charge in [0, 0.05) is 40.8 Å². The predicted octanol–water partition coefficient (Wildman–Crippen LogP) is 4.37. The third kappa shape index (κ3) is 4.57. The molecule has 0 saturated heterocycles.